The number of carboxylic acids is 1. The van der Waals surface area contributed by atoms with Crippen LogP contribution in [0.4, 0.5) is 0 Å². The summed E-state index contributed by atoms with van der Waals surface area (Å²) in [4.78, 5) is 19.8. The minimum atomic E-state index is -0.592. The van der Waals surface area contributed by atoms with E-state index in [1.165, 1.54) is 18.4 Å². The third-order valence-corrected chi connectivity index (χ3v) is 8.62. The molecule has 1 aromatic carbocycles. The van der Waals surface area contributed by atoms with Crippen molar-refractivity contribution in [3.63, 3.8) is 0 Å². The van der Waals surface area contributed by atoms with Gasteiger partial charge < -0.3 is 9.67 Å². The molecule has 2 aliphatic carbocycles. The van der Waals surface area contributed by atoms with Gasteiger partial charge in [-0.15, -0.1) is 0 Å². The van der Waals surface area contributed by atoms with E-state index < -0.39 is 11.4 Å². The number of hydrogen-bond acceptors (Lipinski definition) is 3. The number of imidazole rings is 1. The van der Waals surface area contributed by atoms with E-state index in [2.05, 4.69) is 52.8 Å². The van der Waals surface area contributed by atoms with Gasteiger partial charge in [-0.1, -0.05) is 36.4 Å². The van der Waals surface area contributed by atoms with Crippen LogP contribution in [0.5, 0.6) is 0 Å². The number of para-hydroxylation sites is 2. The first-order valence-corrected chi connectivity index (χ1v) is 11.8. The van der Waals surface area contributed by atoms with E-state index in [1.54, 1.807) is 0 Å². The van der Waals surface area contributed by atoms with Gasteiger partial charge in [0.2, 0.25) is 0 Å². The zero-order chi connectivity index (χ0) is 21.2. The summed E-state index contributed by atoms with van der Waals surface area (Å²) in [5.74, 6) is 0.949. The van der Waals surface area contributed by atoms with Crippen molar-refractivity contribution in [3.05, 3.63) is 54.4 Å². The lowest BCUT2D eigenvalue weighted by Crippen LogP contribution is -2.45. The average molecular weight is 418 g/mol. The van der Waals surface area contributed by atoms with Crippen molar-refractivity contribution in [2.75, 3.05) is 6.54 Å². The van der Waals surface area contributed by atoms with Crippen LogP contribution >= 0.6 is 0 Å². The molecule has 6 rings (SSSR count). The maximum Gasteiger partial charge on any atom is 0.310 e. The van der Waals surface area contributed by atoms with Crippen LogP contribution in [-0.4, -0.2) is 44.2 Å². The lowest BCUT2D eigenvalue weighted by molar-refractivity contribution is -0.145. The predicted octanol–water partition coefficient (Wildman–Crippen LogP) is 4.74. The number of benzene rings is 1. The summed E-state index contributed by atoms with van der Waals surface area (Å²) in [6, 6.07) is 10.1. The van der Waals surface area contributed by atoms with Gasteiger partial charge in [0.05, 0.1) is 16.4 Å². The van der Waals surface area contributed by atoms with E-state index in [0.717, 1.165) is 43.6 Å². The Bertz CT molecular complexity index is 1070. The number of fused-ring (bicyclic) bond motifs is 3. The second kappa shape index (κ2) is 7.06. The summed E-state index contributed by atoms with van der Waals surface area (Å²) in [5, 5.41) is 10.1. The molecule has 1 aromatic heterocycles. The SMILES string of the molecule is Cc1nc2ccccc2n1[C@H]1C[C@H]2CC[C@@H](C1)N2C[C@@H]1C[C@@]1(C(=O)O)C1C=CC=CC1. The Kier molecular flexibility index (Phi) is 4.39. The molecule has 0 radical (unpaired) electrons. The zero-order valence-corrected chi connectivity index (χ0v) is 18.2. The predicted molar refractivity (Wildman–Crippen MR) is 121 cm³/mol. The van der Waals surface area contributed by atoms with E-state index >= 15 is 0 Å². The van der Waals surface area contributed by atoms with Gasteiger partial charge in [-0.25, -0.2) is 4.98 Å². The second-order valence-electron chi connectivity index (χ2n) is 10.1. The first kappa shape index (κ1) is 19.3. The van der Waals surface area contributed by atoms with Crippen LogP contribution in [-0.2, 0) is 4.79 Å². The van der Waals surface area contributed by atoms with Crippen LogP contribution in [0.2, 0.25) is 0 Å². The maximum absolute atomic E-state index is 12.3. The standard InChI is InChI=1S/C26H31N3O2/c1-17-27-23-9-5-6-10-24(23)29(17)22-13-20-11-12-21(14-22)28(20)16-19-15-26(19,25(30)31)18-7-3-2-4-8-18/h2-7,9-10,18-22H,8,11-16H2,1H3,(H,30,31)/t18?,19-,20-,21+,22+,26+/m0/s1. The first-order chi connectivity index (χ1) is 15.1. The fourth-order valence-electron chi connectivity index (χ4n) is 7.05. The lowest BCUT2D eigenvalue weighted by atomic mass is 9.82. The molecule has 4 aliphatic rings. The van der Waals surface area contributed by atoms with Crippen LogP contribution < -0.4 is 0 Å². The third kappa shape index (κ3) is 2.93. The fourth-order valence-corrected chi connectivity index (χ4v) is 7.05. The normalized spacial score (nSPS) is 36.9. The minimum Gasteiger partial charge on any atom is -0.481 e. The largest absolute Gasteiger partial charge is 0.481 e. The number of carbonyl (C=O) groups is 1. The molecule has 0 spiro atoms. The Labute approximate surface area is 183 Å². The van der Waals surface area contributed by atoms with Gasteiger partial charge in [-0.05, 0) is 69.4 Å². The van der Waals surface area contributed by atoms with E-state index in [4.69, 9.17) is 4.98 Å². The summed E-state index contributed by atoms with van der Waals surface area (Å²) in [6.07, 6.45) is 14.8. The van der Waals surface area contributed by atoms with E-state index in [-0.39, 0.29) is 11.8 Å². The Balaban J connectivity index is 1.20. The van der Waals surface area contributed by atoms with Crippen molar-refractivity contribution < 1.29 is 9.90 Å². The molecule has 0 amide bonds. The average Bonchev–Trinajstić information content (AvgIpc) is 3.34. The molecule has 1 saturated carbocycles. The number of carboxylic acid groups (broad SMARTS) is 1. The number of nitrogens with zero attached hydrogens (tertiary/aromatic N) is 3. The van der Waals surface area contributed by atoms with E-state index in [1.807, 2.05) is 12.2 Å². The smallest absolute Gasteiger partial charge is 0.310 e. The molecule has 2 saturated heterocycles. The topological polar surface area (TPSA) is 58.4 Å². The van der Waals surface area contributed by atoms with Crippen molar-refractivity contribution in [2.45, 2.75) is 63.6 Å². The van der Waals surface area contributed by atoms with Crippen molar-refractivity contribution in [3.8, 4) is 0 Å². The monoisotopic (exact) mass is 417 g/mol. The van der Waals surface area contributed by atoms with Crippen LogP contribution in [0.1, 0.15) is 50.4 Å². The van der Waals surface area contributed by atoms with Gasteiger partial charge in [0.25, 0.3) is 0 Å². The highest BCUT2D eigenvalue weighted by Gasteiger charge is 2.64. The Morgan fingerprint density at radius 3 is 2.65 bits per heavy atom. The van der Waals surface area contributed by atoms with Gasteiger partial charge in [0.1, 0.15) is 5.82 Å². The molecule has 2 aliphatic heterocycles. The number of aryl methyl sites for hydroxylation is 1. The Morgan fingerprint density at radius 1 is 1.16 bits per heavy atom. The Morgan fingerprint density at radius 2 is 1.94 bits per heavy atom. The van der Waals surface area contributed by atoms with Crippen molar-refractivity contribution in [1.82, 2.24) is 14.5 Å². The molecule has 3 fully saturated rings. The summed E-state index contributed by atoms with van der Waals surface area (Å²) < 4.78 is 2.47. The number of hydrogen-bond donors (Lipinski definition) is 1. The highest BCUT2D eigenvalue weighted by molar-refractivity contribution is 5.80. The summed E-state index contributed by atoms with van der Waals surface area (Å²) in [5.41, 5.74) is 1.80. The molecular weight excluding hydrogens is 386 g/mol. The highest BCUT2D eigenvalue weighted by atomic mass is 16.4. The molecule has 3 heterocycles. The van der Waals surface area contributed by atoms with Crippen molar-refractivity contribution in [1.29, 1.82) is 0 Å². The zero-order valence-electron chi connectivity index (χ0n) is 18.2. The molecule has 31 heavy (non-hydrogen) atoms. The number of aromatic nitrogens is 2. The number of aliphatic carboxylic acids is 1. The van der Waals surface area contributed by atoms with E-state index in [0.29, 0.717) is 18.1 Å². The maximum atomic E-state index is 12.3. The van der Waals surface area contributed by atoms with Crippen LogP contribution in [0.3, 0.4) is 0 Å². The minimum absolute atomic E-state index is 0.148. The summed E-state index contributed by atoms with van der Waals surface area (Å²) >= 11 is 0. The molecular formula is C26H31N3O2. The van der Waals surface area contributed by atoms with Crippen LogP contribution in [0.15, 0.2) is 48.6 Å². The molecule has 162 valence electrons. The molecule has 5 heteroatoms. The third-order valence-electron chi connectivity index (χ3n) is 8.62. The number of allylic oxidation sites excluding steroid dienone is 4. The van der Waals surface area contributed by atoms with E-state index in [9.17, 15) is 9.90 Å². The number of rotatable bonds is 5. The summed E-state index contributed by atoms with van der Waals surface area (Å²) in [7, 11) is 0. The lowest BCUT2D eigenvalue weighted by Gasteiger charge is -2.40. The molecule has 1 unspecified atom stereocenters. The van der Waals surface area contributed by atoms with Gasteiger partial charge in [-0.2, -0.15) is 0 Å². The van der Waals surface area contributed by atoms with Crippen LogP contribution in [0.25, 0.3) is 11.0 Å². The summed E-state index contributed by atoms with van der Waals surface area (Å²) in [6.45, 7) is 3.08. The highest BCUT2D eigenvalue weighted by Crippen LogP contribution is 2.61. The first-order valence-electron chi connectivity index (χ1n) is 11.8. The van der Waals surface area contributed by atoms with Gasteiger partial charge in [0, 0.05) is 24.7 Å². The number of piperidine rings is 1. The van der Waals surface area contributed by atoms with Crippen LogP contribution in [0, 0.1) is 24.2 Å². The molecule has 1 N–H and O–H groups in total. The molecule has 5 nitrogen and oxygen atoms in total. The Hall–Kier alpha value is -2.40. The molecule has 6 atom stereocenters. The van der Waals surface area contributed by atoms with Gasteiger partial charge >= 0.3 is 5.97 Å². The quantitative estimate of drug-likeness (QED) is 0.764. The molecule has 2 aromatic rings. The van der Waals surface area contributed by atoms with Crippen molar-refractivity contribution >= 4 is 17.0 Å². The van der Waals surface area contributed by atoms with Gasteiger partial charge in [0.15, 0.2) is 0 Å². The fraction of sp³-hybridized carbons (Fsp3) is 0.538. The van der Waals surface area contributed by atoms with Crippen molar-refractivity contribution in [2.24, 2.45) is 17.3 Å². The molecule has 2 bridgehead atoms. The second-order valence-corrected chi connectivity index (χ2v) is 10.1. The van der Waals surface area contributed by atoms with Gasteiger partial charge in [-0.3, -0.25) is 9.69 Å².